The van der Waals surface area contributed by atoms with Crippen LogP contribution in [0.4, 0.5) is 0 Å². The van der Waals surface area contributed by atoms with Gasteiger partial charge in [0.05, 0.1) is 11.4 Å². The van der Waals surface area contributed by atoms with Crippen LogP contribution < -0.4 is 0 Å². The summed E-state index contributed by atoms with van der Waals surface area (Å²) in [5.41, 5.74) is 0.965. The van der Waals surface area contributed by atoms with Gasteiger partial charge in [-0.15, -0.1) is 0 Å². The van der Waals surface area contributed by atoms with E-state index in [4.69, 9.17) is 5.11 Å². The molecule has 0 fully saturated rings. The molecular formula is C13H13NO4S2. The second-order valence-electron chi connectivity index (χ2n) is 4.16. The number of aromatic nitrogens is 1. The molecule has 2 rings (SSSR count). The second kappa shape index (κ2) is 5.72. The lowest BCUT2D eigenvalue weighted by Crippen LogP contribution is -2.04. The van der Waals surface area contributed by atoms with Crippen LogP contribution >= 0.6 is 11.3 Å². The molecule has 0 atom stereocenters. The molecule has 0 spiro atoms. The smallest absolute Gasteiger partial charge is 0.347 e. The van der Waals surface area contributed by atoms with Crippen LogP contribution in [0.25, 0.3) is 0 Å². The molecule has 0 aliphatic rings. The summed E-state index contributed by atoms with van der Waals surface area (Å²) in [4.78, 5) is 15.0. The third-order valence-electron chi connectivity index (χ3n) is 2.67. The molecule has 0 aliphatic heterocycles. The summed E-state index contributed by atoms with van der Waals surface area (Å²) < 4.78 is 24.4. The van der Waals surface area contributed by atoms with Gasteiger partial charge in [0.15, 0.2) is 0 Å². The monoisotopic (exact) mass is 311 g/mol. The zero-order chi connectivity index (χ0) is 14.8. The van der Waals surface area contributed by atoms with Gasteiger partial charge in [-0.2, -0.15) is 0 Å². The number of hydrogen-bond acceptors (Lipinski definition) is 5. The SMILES string of the molecule is CCc1nc(S(=O)(=O)Cc2ccccc2)sc1C(=O)O. The van der Waals surface area contributed by atoms with Crippen LogP contribution in [-0.2, 0) is 22.0 Å². The van der Waals surface area contributed by atoms with Crippen molar-refractivity contribution in [1.82, 2.24) is 4.98 Å². The molecule has 1 N–H and O–H groups in total. The minimum atomic E-state index is -3.61. The minimum Gasteiger partial charge on any atom is -0.477 e. The number of carbonyl (C=O) groups is 1. The maximum absolute atomic E-state index is 12.3. The summed E-state index contributed by atoms with van der Waals surface area (Å²) in [6, 6.07) is 8.74. The first-order valence-corrected chi connectivity index (χ1v) is 8.40. The largest absolute Gasteiger partial charge is 0.477 e. The lowest BCUT2D eigenvalue weighted by Gasteiger charge is -2.00. The minimum absolute atomic E-state index is 0.000799. The molecule has 0 saturated heterocycles. The molecule has 0 unspecified atom stereocenters. The van der Waals surface area contributed by atoms with E-state index in [1.165, 1.54) is 0 Å². The van der Waals surface area contributed by atoms with Gasteiger partial charge in [0.1, 0.15) is 4.88 Å². The van der Waals surface area contributed by atoms with Crippen molar-refractivity contribution < 1.29 is 18.3 Å². The number of aryl methyl sites for hydroxylation is 1. The van der Waals surface area contributed by atoms with E-state index in [9.17, 15) is 13.2 Å². The summed E-state index contributed by atoms with van der Waals surface area (Å²) in [5.74, 6) is -1.32. The fourth-order valence-corrected chi connectivity index (χ4v) is 4.39. The summed E-state index contributed by atoms with van der Waals surface area (Å²) in [7, 11) is -3.61. The summed E-state index contributed by atoms with van der Waals surface area (Å²) in [6.07, 6.45) is 0.388. The number of rotatable bonds is 5. The number of sulfone groups is 1. The third-order valence-corrected chi connectivity index (χ3v) is 5.90. The van der Waals surface area contributed by atoms with Gasteiger partial charge in [-0.25, -0.2) is 18.2 Å². The van der Waals surface area contributed by atoms with Crippen molar-refractivity contribution in [3.8, 4) is 0 Å². The van der Waals surface area contributed by atoms with E-state index in [-0.39, 0.29) is 15.0 Å². The number of benzene rings is 1. The Kier molecular flexibility index (Phi) is 4.20. The Bertz CT molecular complexity index is 720. The zero-order valence-corrected chi connectivity index (χ0v) is 12.4. The van der Waals surface area contributed by atoms with Crippen LogP contribution in [0, 0.1) is 0 Å². The van der Waals surface area contributed by atoms with Crippen molar-refractivity contribution >= 4 is 27.1 Å². The summed E-state index contributed by atoms with van der Waals surface area (Å²) in [6.45, 7) is 1.75. The average molecular weight is 311 g/mol. The lowest BCUT2D eigenvalue weighted by molar-refractivity contribution is 0.0701. The first-order valence-electron chi connectivity index (χ1n) is 5.93. The lowest BCUT2D eigenvalue weighted by atomic mass is 10.2. The highest BCUT2D eigenvalue weighted by atomic mass is 32.2. The van der Waals surface area contributed by atoms with Crippen LogP contribution in [0.5, 0.6) is 0 Å². The number of nitrogens with zero attached hydrogens (tertiary/aromatic N) is 1. The molecule has 2 aromatic rings. The molecule has 5 nitrogen and oxygen atoms in total. The molecule has 1 aromatic heterocycles. The molecule has 0 radical (unpaired) electrons. The normalized spacial score (nSPS) is 11.4. The molecule has 0 amide bonds. The van der Waals surface area contributed by atoms with E-state index in [2.05, 4.69) is 4.98 Å². The van der Waals surface area contributed by atoms with Crippen molar-refractivity contribution in [2.45, 2.75) is 23.4 Å². The number of hydrogen-bond donors (Lipinski definition) is 1. The van der Waals surface area contributed by atoms with Gasteiger partial charge in [0.2, 0.25) is 14.2 Å². The van der Waals surface area contributed by atoms with Gasteiger partial charge in [-0.05, 0) is 12.0 Å². The van der Waals surface area contributed by atoms with Crippen LogP contribution in [0.3, 0.4) is 0 Å². The highest BCUT2D eigenvalue weighted by Gasteiger charge is 2.24. The van der Waals surface area contributed by atoms with Gasteiger partial charge in [0.25, 0.3) is 0 Å². The quantitative estimate of drug-likeness (QED) is 0.916. The number of carboxylic acids is 1. The molecule has 106 valence electrons. The maximum Gasteiger partial charge on any atom is 0.347 e. The van der Waals surface area contributed by atoms with Gasteiger partial charge < -0.3 is 5.11 Å². The molecule has 0 bridgehead atoms. The summed E-state index contributed by atoms with van der Waals surface area (Å²) >= 11 is 0.720. The van der Waals surface area contributed by atoms with Crippen molar-refractivity contribution in [2.24, 2.45) is 0 Å². The topological polar surface area (TPSA) is 84.3 Å². The van der Waals surface area contributed by atoms with E-state index < -0.39 is 15.8 Å². The summed E-state index contributed by atoms with van der Waals surface area (Å²) in [5, 5.41) is 9.04. The number of thiazole rings is 1. The molecule has 1 aromatic carbocycles. The van der Waals surface area contributed by atoms with Gasteiger partial charge in [-0.1, -0.05) is 48.6 Å². The van der Waals surface area contributed by atoms with Crippen molar-refractivity contribution in [1.29, 1.82) is 0 Å². The first kappa shape index (κ1) is 14.7. The fraction of sp³-hybridized carbons (Fsp3) is 0.231. The Morgan fingerprint density at radius 2 is 1.95 bits per heavy atom. The Morgan fingerprint density at radius 1 is 1.30 bits per heavy atom. The zero-order valence-electron chi connectivity index (χ0n) is 10.7. The highest BCUT2D eigenvalue weighted by Crippen LogP contribution is 2.26. The second-order valence-corrected chi connectivity index (χ2v) is 7.32. The molecule has 0 saturated carbocycles. The van der Waals surface area contributed by atoms with E-state index in [0.29, 0.717) is 17.7 Å². The van der Waals surface area contributed by atoms with Gasteiger partial charge in [0, 0.05) is 0 Å². The van der Waals surface area contributed by atoms with Crippen molar-refractivity contribution in [2.75, 3.05) is 0 Å². The van der Waals surface area contributed by atoms with Crippen LogP contribution in [0.1, 0.15) is 27.9 Å². The molecule has 1 heterocycles. The maximum atomic E-state index is 12.3. The highest BCUT2D eigenvalue weighted by molar-refractivity contribution is 7.92. The number of aromatic carboxylic acids is 1. The Hall–Kier alpha value is -1.73. The molecule has 20 heavy (non-hydrogen) atoms. The van der Waals surface area contributed by atoms with Gasteiger partial charge >= 0.3 is 5.97 Å². The molecule has 0 aliphatic carbocycles. The van der Waals surface area contributed by atoms with Crippen LogP contribution in [-0.4, -0.2) is 24.5 Å². The van der Waals surface area contributed by atoms with E-state index in [1.807, 2.05) is 0 Å². The predicted octanol–water partition coefficient (Wildman–Crippen LogP) is 2.38. The van der Waals surface area contributed by atoms with E-state index in [0.717, 1.165) is 11.3 Å². The van der Waals surface area contributed by atoms with Crippen LogP contribution in [0.2, 0.25) is 0 Å². The predicted molar refractivity (Wildman–Crippen MR) is 75.8 cm³/mol. The standard InChI is InChI=1S/C13H13NO4S2/c1-2-10-11(12(15)16)19-13(14-10)20(17,18)8-9-6-4-3-5-7-9/h3-7H,2,8H2,1H3,(H,15,16). The van der Waals surface area contributed by atoms with Crippen molar-refractivity contribution in [3.05, 3.63) is 46.5 Å². The van der Waals surface area contributed by atoms with E-state index in [1.54, 1.807) is 37.3 Å². The van der Waals surface area contributed by atoms with Crippen molar-refractivity contribution in [3.63, 3.8) is 0 Å². The Balaban J connectivity index is 2.37. The molecular weight excluding hydrogens is 298 g/mol. The number of carboxylic acid groups (broad SMARTS) is 1. The van der Waals surface area contributed by atoms with Gasteiger partial charge in [-0.3, -0.25) is 0 Å². The Labute approximate surface area is 120 Å². The fourth-order valence-electron chi connectivity index (χ4n) is 1.73. The van der Waals surface area contributed by atoms with Crippen LogP contribution in [0.15, 0.2) is 34.7 Å². The molecule has 7 heteroatoms. The first-order chi connectivity index (χ1) is 9.44. The third kappa shape index (κ3) is 3.05. The average Bonchev–Trinajstić information content (AvgIpc) is 2.84. The Morgan fingerprint density at radius 3 is 2.45 bits per heavy atom. The van der Waals surface area contributed by atoms with E-state index >= 15 is 0 Å².